The molecule has 0 bridgehead atoms. The highest BCUT2D eigenvalue weighted by atomic mass is 35.5. The van der Waals surface area contributed by atoms with Gasteiger partial charge in [0.1, 0.15) is 16.5 Å². The highest BCUT2D eigenvalue weighted by molar-refractivity contribution is 6.53. The Kier molecular flexibility index (Phi) is 5.85. The molecule has 7 nitrogen and oxygen atoms in total. The van der Waals surface area contributed by atoms with Crippen molar-refractivity contribution in [1.82, 2.24) is 0 Å². The highest BCUT2D eigenvalue weighted by Crippen LogP contribution is 2.31. The minimum Gasteiger partial charge on any atom is -0.508 e. The number of carbonyl (C=O) groups excluding carboxylic acids is 3. The summed E-state index contributed by atoms with van der Waals surface area (Å²) in [6.07, 6.45) is 0. The summed E-state index contributed by atoms with van der Waals surface area (Å²) in [5.41, 5.74) is 1.34. The quantitative estimate of drug-likeness (QED) is 0.471. The molecule has 9 heteroatoms. The van der Waals surface area contributed by atoms with Crippen molar-refractivity contribution in [3.05, 3.63) is 94.1 Å². The molecule has 32 heavy (non-hydrogen) atoms. The lowest BCUT2D eigenvalue weighted by molar-refractivity contribution is -0.120. The van der Waals surface area contributed by atoms with Crippen LogP contribution in [0.5, 0.6) is 5.75 Å². The molecule has 0 aliphatic carbocycles. The Balaban J connectivity index is 1.54. The van der Waals surface area contributed by atoms with E-state index in [1.54, 1.807) is 42.5 Å². The predicted molar refractivity (Wildman–Crippen MR) is 123 cm³/mol. The second-order valence-electron chi connectivity index (χ2n) is 6.82. The molecule has 0 spiro atoms. The Hall–Kier alpha value is -3.81. The van der Waals surface area contributed by atoms with Gasteiger partial charge in [-0.15, -0.1) is 0 Å². The molecule has 0 fully saturated rings. The average Bonchev–Trinajstić information content (AvgIpc) is 2.98. The van der Waals surface area contributed by atoms with Gasteiger partial charge < -0.3 is 15.7 Å². The lowest BCUT2D eigenvalue weighted by Crippen LogP contribution is -2.32. The van der Waals surface area contributed by atoms with E-state index in [2.05, 4.69) is 10.6 Å². The monoisotopic (exact) mass is 467 g/mol. The minimum absolute atomic E-state index is 0.0226. The first kappa shape index (κ1) is 21.4. The molecule has 0 radical (unpaired) electrons. The number of rotatable bonds is 5. The molecule has 0 saturated carbocycles. The maximum Gasteiger partial charge on any atom is 0.283 e. The van der Waals surface area contributed by atoms with E-state index >= 15 is 0 Å². The number of phenolic OH excluding ortho intramolecular Hbond substituents is 1. The van der Waals surface area contributed by atoms with Crippen molar-refractivity contribution < 1.29 is 19.5 Å². The summed E-state index contributed by atoms with van der Waals surface area (Å²) >= 11 is 12.0. The average molecular weight is 468 g/mol. The number of phenols is 1. The van der Waals surface area contributed by atoms with E-state index in [0.29, 0.717) is 27.6 Å². The molecule has 4 rings (SSSR count). The van der Waals surface area contributed by atoms with Gasteiger partial charge in [-0.1, -0.05) is 35.3 Å². The SMILES string of the molecule is O=C(Nc1cccc(O)c1)c1cccc(NC2=C(Cl)C(=O)N(c3ccc(Cl)cc3)C2=O)c1. The zero-order valence-electron chi connectivity index (χ0n) is 16.3. The van der Waals surface area contributed by atoms with Gasteiger partial charge >= 0.3 is 0 Å². The van der Waals surface area contributed by atoms with Crippen LogP contribution in [-0.4, -0.2) is 22.8 Å². The van der Waals surface area contributed by atoms with Crippen LogP contribution in [0.3, 0.4) is 0 Å². The van der Waals surface area contributed by atoms with E-state index in [1.807, 2.05) is 0 Å². The number of benzene rings is 3. The number of anilines is 3. The number of nitrogens with zero attached hydrogens (tertiary/aromatic N) is 1. The van der Waals surface area contributed by atoms with Crippen LogP contribution in [0.25, 0.3) is 0 Å². The first-order valence-electron chi connectivity index (χ1n) is 9.35. The van der Waals surface area contributed by atoms with Crippen LogP contribution in [0.4, 0.5) is 17.1 Å². The molecule has 160 valence electrons. The van der Waals surface area contributed by atoms with Crippen molar-refractivity contribution in [3.63, 3.8) is 0 Å². The van der Waals surface area contributed by atoms with E-state index in [9.17, 15) is 19.5 Å². The highest BCUT2D eigenvalue weighted by Gasteiger charge is 2.38. The molecule has 0 saturated heterocycles. The summed E-state index contributed by atoms with van der Waals surface area (Å²) in [5.74, 6) is -1.69. The number of imide groups is 1. The zero-order valence-corrected chi connectivity index (χ0v) is 17.8. The van der Waals surface area contributed by atoms with Crippen LogP contribution < -0.4 is 15.5 Å². The van der Waals surface area contributed by atoms with Crippen LogP contribution in [0.15, 0.2) is 83.5 Å². The third kappa shape index (κ3) is 4.30. The van der Waals surface area contributed by atoms with Gasteiger partial charge in [-0.3, -0.25) is 14.4 Å². The lowest BCUT2D eigenvalue weighted by atomic mass is 10.1. The maximum atomic E-state index is 12.9. The number of hydrogen-bond acceptors (Lipinski definition) is 5. The van der Waals surface area contributed by atoms with Gasteiger partial charge in [0.15, 0.2) is 0 Å². The van der Waals surface area contributed by atoms with Gasteiger partial charge in [-0.2, -0.15) is 0 Å². The first-order valence-corrected chi connectivity index (χ1v) is 10.1. The molecule has 3 aromatic rings. The van der Waals surface area contributed by atoms with E-state index < -0.39 is 17.7 Å². The van der Waals surface area contributed by atoms with Crippen LogP contribution in [-0.2, 0) is 9.59 Å². The summed E-state index contributed by atoms with van der Waals surface area (Å²) in [7, 11) is 0. The Morgan fingerprint density at radius 3 is 2.25 bits per heavy atom. The summed E-state index contributed by atoms with van der Waals surface area (Å²) in [5, 5.41) is 15.3. The van der Waals surface area contributed by atoms with E-state index in [4.69, 9.17) is 23.2 Å². The summed E-state index contributed by atoms with van der Waals surface area (Å²) in [4.78, 5) is 38.9. The lowest BCUT2D eigenvalue weighted by Gasteiger charge is -2.15. The molecule has 3 aromatic carbocycles. The Labute approximate surface area is 192 Å². The number of amides is 3. The summed E-state index contributed by atoms with van der Waals surface area (Å²) < 4.78 is 0. The van der Waals surface area contributed by atoms with E-state index in [-0.39, 0.29) is 16.5 Å². The molecular formula is C23H15Cl2N3O4. The summed E-state index contributed by atoms with van der Waals surface area (Å²) in [6.45, 7) is 0. The van der Waals surface area contributed by atoms with Gasteiger partial charge in [-0.25, -0.2) is 4.90 Å². The number of carbonyl (C=O) groups is 3. The summed E-state index contributed by atoms with van der Waals surface area (Å²) in [6, 6.07) is 18.7. The van der Waals surface area contributed by atoms with Gasteiger partial charge in [0.2, 0.25) is 0 Å². The second kappa shape index (κ2) is 8.74. The maximum absolute atomic E-state index is 12.9. The minimum atomic E-state index is -0.667. The third-order valence-electron chi connectivity index (χ3n) is 4.61. The molecule has 0 aromatic heterocycles. The first-order chi connectivity index (χ1) is 15.3. The number of nitrogens with one attached hydrogen (secondary N) is 2. The fraction of sp³-hybridized carbons (Fsp3) is 0. The molecule has 1 aliphatic rings. The fourth-order valence-electron chi connectivity index (χ4n) is 3.11. The molecule has 3 N–H and O–H groups in total. The predicted octanol–water partition coefficient (Wildman–Crippen LogP) is 4.73. The van der Waals surface area contributed by atoms with Crippen molar-refractivity contribution in [2.24, 2.45) is 0 Å². The molecule has 1 aliphatic heterocycles. The molecule has 0 atom stereocenters. The fourth-order valence-corrected chi connectivity index (χ4v) is 3.44. The Morgan fingerprint density at radius 1 is 0.844 bits per heavy atom. The van der Waals surface area contributed by atoms with Crippen molar-refractivity contribution >= 4 is 58.0 Å². The van der Waals surface area contributed by atoms with Crippen molar-refractivity contribution in [2.45, 2.75) is 0 Å². The molecule has 3 amide bonds. The van der Waals surface area contributed by atoms with Gasteiger partial charge in [0.25, 0.3) is 17.7 Å². The van der Waals surface area contributed by atoms with E-state index in [1.165, 1.54) is 30.3 Å². The van der Waals surface area contributed by atoms with Gasteiger partial charge in [0, 0.05) is 28.0 Å². The standard InChI is InChI=1S/C23H15Cl2N3O4/c24-14-7-9-17(10-8-14)28-22(31)19(25)20(23(28)32)26-15-4-1-3-13(11-15)21(30)27-16-5-2-6-18(29)12-16/h1-12,26,29H,(H,27,30). The number of hydrogen-bond donors (Lipinski definition) is 3. The van der Waals surface area contributed by atoms with E-state index in [0.717, 1.165) is 4.90 Å². The largest absolute Gasteiger partial charge is 0.508 e. The third-order valence-corrected chi connectivity index (χ3v) is 5.21. The second-order valence-corrected chi connectivity index (χ2v) is 7.64. The molecule has 0 unspecified atom stereocenters. The smallest absolute Gasteiger partial charge is 0.283 e. The topological polar surface area (TPSA) is 98.7 Å². The molecule has 1 heterocycles. The normalized spacial score (nSPS) is 13.5. The van der Waals surface area contributed by atoms with Gasteiger partial charge in [-0.05, 0) is 54.6 Å². The number of halogens is 2. The number of aromatic hydroxyl groups is 1. The van der Waals surface area contributed by atoms with Gasteiger partial charge in [0.05, 0.1) is 5.69 Å². The van der Waals surface area contributed by atoms with Crippen LogP contribution in [0.1, 0.15) is 10.4 Å². The van der Waals surface area contributed by atoms with Crippen molar-refractivity contribution in [2.75, 3.05) is 15.5 Å². The van der Waals surface area contributed by atoms with Crippen LogP contribution in [0, 0.1) is 0 Å². The zero-order chi connectivity index (χ0) is 22.8. The Bertz CT molecular complexity index is 1270. The van der Waals surface area contributed by atoms with Crippen molar-refractivity contribution in [1.29, 1.82) is 0 Å². The van der Waals surface area contributed by atoms with Crippen molar-refractivity contribution in [3.8, 4) is 5.75 Å². The Morgan fingerprint density at radius 2 is 1.53 bits per heavy atom. The van der Waals surface area contributed by atoms with Crippen LogP contribution >= 0.6 is 23.2 Å². The molecular weight excluding hydrogens is 453 g/mol. The van der Waals surface area contributed by atoms with Crippen LogP contribution in [0.2, 0.25) is 5.02 Å².